The van der Waals surface area contributed by atoms with E-state index < -0.39 is 11.7 Å². The summed E-state index contributed by atoms with van der Waals surface area (Å²) in [5.74, 6) is -0.696. The highest BCUT2D eigenvalue weighted by molar-refractivity contribution is 6.31. The predicted octanol–water partition coefficient (Wildman–Crippen LogP) is 4.88. The minimum atomic E-state index is -0.432. The van der Waals surface area contributed by atoms with Crippen molar-refractivity contribution in [3.05, 3.63) is 76.3 Å². The molecule has 0 aliphatic heterocycles. The summed E-state index contributed by atoms with van der Waals surface area (Å²) < 4.78 is 13.8. The summed E-state index contributed by atoms with van der Waals surface area (Å²) in [7, 11) is 0. The van der Waals surface area contributed by atoms with Gasteiger partial charge in [-0.15, -0.1) is 0 Å². The molecule has 1 heterocycles. The van der Waals surface area contributed by atoms with Crippen LogP contribution < -0.4 is 10.6 Å². The first-order chi connectivity index (χ1) is 12.4. The lowest BCUT2D eigenvalue weighted by molar-refractivity contribution is 0.102. The van der Waals surface area contributed by atoms with Crippen molar-refractivity contribution in [1.82, 2.24) is 9.97 Å². The molecule has 1 aromatic heterocycles. The number of benzene rings is 2. The molecular weight excluding hydrogens is 355 g/mol. The molecule has 0 atom stereocenters. The number of rotatable bonds is 4. The lowest BCUT2D eigenvalue weighted by atomic mass is 10.2. The Balaban J connectivity index is 1.86. The van der Waals surface area contributed by atoms with Crippen LogP contribution in [0.1, 0.15) is 21.7 Å². The number of para-hydroxylation sites is 1. The highest BCUT2D eigenvalue weighted by Gasteiger charge is 2.13. The van der Waals surface area contributed by atoms with Gasteiger partial charge in [0.05, 0.1) is 5.69 Å². The maximum absolute atomic E-state index is 13.8. The van der Waals surface area contributed by atoms with E-state index in [0.717, 1.165) is 5.56 Å². The summed E-state index contributed by atoms with van der Waals surface area (Å²) in [6.07, 6.45) is 0. The van der Waals surface area contributed by atoms with Crippen molar-refractivity contribution in [1.29, 1.82) is 0 Å². The Hall–Kier alpha value is -2.99. The van der Waals surface area contributed by atoms with Gasteiger partial charge in [0, 0.05) is 16.4 Å². The average Bonchev–Trinajstić information content (AvgIpc) is 2.60. The molecule has 0 radical (unpaired) electrons. The third-order valence-electron chi connectivity index (χ3n) is 3.72. The quantitative estimate of drug-likeness (QED) is 0.686. The van der Waals surface area contributed by atoms with Crippen molar-refractivity contribution >= 4 is 34.8 Å². The first-order valence-corrected chi connectivity index (χ1v) is 8.25. The van der Waals surface area contributed by atoms with Crippen molar-refractivity contribution < 1.29 is 9.18 Å². The fourth-order valence-corrected chi connectivity index (χ4v) is 2.53. The van der Waals surface area contributed by atoms with E-state index >= 15 is 0 Å². The second-order valence-electron chi connectivity index (χ2n) is 5.69. The second-order valence-corrected chi connectivity index (χ2v) is 6.10. The molecule has 1 amide bonds. The summed E-state index contributed by atoms with van der Waals surface area (Å²) in [5.41, 5.74) is 2.33. The largest absolute Gasteiger partial charge is 0.322 e. The molecule has 0 fully saturated rings. The molecule has 26 heavy (non-hydrogen) atoms. The highest BCUT2D eigenvalue weighted by atomic mass is 35.5. The maximum atomic E-state index is 13.8. The number of halogens is 2. The average molecular weight is 371 g/mol. The number of hydrogen-bond donors (Lipinski definition) is 2. The predicted molar refractivity (Wildman–Crippen MR) is 101 cm³/mol. The summed E-state index contributed by atoms with van der Waals surface area (Å²) >= 11 is 6.08. The SMILES string of the molecule is Cc1cc(C(=O)Nc2cccc(Cl)c2C)nc(Nc2ccccc2F)n1. The van der Waals surface area contributed by atoms with Gasteiger partial charge in [-0.05, 0) is 49.7 Å². The van der Waals surface area contributed by atoms with E-state index in [0.29, 0.717) is 16.4 Å². The van der Waals surface area contributed by atoms with Gasteiger partial charge in [-0.2, -0.15) is 0 Å². The van der Waals surface area contributed by atoms with Gasteiger partial charge in [0.1, 0.15) is 11.5 Å². The molecule has 0 unspecified atom stereocenters. The molecule has 2 N–H and O–H groups in total. The van der Waals surface area contributed by atoms with Crippen LogP contribution in [0.15, 0.2) is 48.5 Å². The summed E-state index contributed by atoms with van der Waals surface area (Å²) in [4.78, 5) is 20.9. The molecule has 0 saturated heterocycles. The fourth-order valence-electron chi connectivity index (χ4n) is 2.35. The molecule has 0 aliphatic rings. The molecule has 132 valence electrons. The van der Waals surface area contributed by atoms with Gasteiger partial charge in [0.15, 0.2) is 0 Å². The minimum Gasteiger partial charge on any atom is -0.322 e. The van der Waals surface area contributed by atoms with Crippen LogP contribution in [0.4, 0.5) is 21.7 Å². The number of aromatic nitrogens is 2. The van der Waals surface area contributed by atoms with Crippen LogP contribution in [0, 0.1) is 19.7 Å². The van der Waals surface area contributed by atoms with Crippen molar-refractivity contribution in [2.45, 2.75) is 13.8 Å². The third-order valence-corrected chi connectivity index (χ3v) is 4.13. The van der Waals surface area contributed by atoms with Gasteiger partial charge < -0.3 is 10.6 Å². The smallest absolute Gasteiger partial charge is 0.274 e. The van der Waals surface area contributed by atoms with Crippen molar-refractivity contribution in [3.63, 3.8) is 0 Å². The first kappa shape index (κ1) is 17.8. The lowest BCUT2D eigenvalue weighted by Crippen LogP contribution is -2.16. The van der Waals surface area contributed by atoms with Crippen LogP contribution in [0.5, 0.6) is 0 Å². The number of nitrogens with one attached hydrogen (secondary N) is 2. The second kappa shape index (κ2) is 7.49. The molecule has 0 spiro atoms. The number of carbonyl (C=O) groups is 1. The Kier molecular flexibility index (Phi) is 5.14. The summed E-state index contributed by atoms with van der Waals surface area (Å²) in [6.45, 7) is 3.55. The Morgan fingerprint density at radius 3 is 2.54 bits per heavy atom. The molecule has 7 heteroatoms. The molecule has 0 bridgehead atoms. The standard InChI is InChI=1S/C19H16ClFN4O/c1-11-10-17(18(26)23-15-9-5-6-13(20)12(15)2)25-19(22-11)24-16-8-4-3-7-14(16)21/h3-10H,1-2H3,(H,23,26)(H,22,24,25). The zero-order valence-corrected chi connectivity index (χ0v) is 14.9. The van der Waals surface area contributed by atoms with Gasteiger partial charge in [-0.1, -0.05) is 29.8 Å². The van der Waals surface area contributed by atoms with Crippen LogP contribution in [0.3, 0.4) is 0 Å². The molecule has 5 nitrogen and oxygen atoms in total. The third kappa shape index (κ3) is 3.97. The number of amides is 1. The zero-order valence-electron chi connectivity index (χ0n) is 14.2. The van der Waals surface area contributed by atoms with E-state index in [2.05, 4.69) is 20.6 Å². The molecule has 3 aromatic rings. The van der Waals surface area contributed by atoms with Crippen LogP contribution in [0.25, 0.3) is 0 Å². The van der Waals surface area contributed by atoms with Crippen LogP contribution >= 0.6 is 11.6 Å². The van der Waals surface area contributed by atoms with Crippen LogP contribution in [-0.4, -0.2) is 15.9 Å². The number of nitrogens with zero attached hydrogens (tertiary/aromatic N) is 2. The minimum absolute atomic E-state index is 0.142. The van der Waals surface area contributed by atoms with Crippen molar-refractivity contribution in [3.8, 4) is 0 Å². The van der Waals surface area contributed by atoms with Crippen molar-refractivity contribution in [2.75, 3.05) is 10.6 Å². The van der Waals surface area contributed by atoms with Gasteiger partial charge in [-0.3, -0.25) is 4.79 Å². The van der Waals surface area contributed by atoms with E-state index in [9.17, 15) is 9.18 Å². The normalized spacial score (nSPS) is 10.5. The topological polar surface area (TPSA) is 66.9 Å². The van der Waals surface area contributed by atoms with E-state index in [1.165, 1.54) is 6.07 Å². The van der Waals surface area contributed by atoms with E-state index in [1.807, 2.05) is 6.92 Å². The Morgan fingerprint density at radius 1 is 1.04 bits per heavy atom. The Morgan fingerprint density at radius 2 is 1.77 bits per heavy atom. The van der Waals surface area contributed by atoms with E-state index in [1.54, 1.807) is 49.4 Å². The first-order valence-electron chi connectivity index (χ1n) is 7.88. The number of anilines is 3. The fraction of sp³-hybridized carbons (Fsp3) is 0.105. The monoisotopic (exact) mass is 370 g/mol. The molecular formula is C19H16ClFN4O. The molecule has 2 aromatic carbocycles. The van der Waals surface area contributed by atoms with Gasteiger partial charge >= 0.3 is 0 Å². The number of aryl methyl sites for hydroxylation is 1. The Bertz CT molecular complexity index is 978. The van der Waals surface area contributed by atoms with E-state index in [4.69, 9.17) is 11.6 Å². The zero-order chi connectivity index (χ0) is 18.7. The lowest BCUT2D eigenvalue weighted by Gasteiger charge is -2.11. The highest BCUT2D eigenvalue weighted by Crippen LogP contribution is 2.23. The summed E-state index contributed by atoms with van der Waals surface area (Å²) in [6, 6.07) is 13.0. The van der Waals surface area contributed by atoms with Gasteiger partial charge in [-0.25, -0.2) is 14.4 Å². The van der Waals surface area contributed by atoms with Gasteiger partial charge in [0.2, 0.25) is 5.95 Å². The summed E-state index contributed by atoms with van der Waals surface area (Å²) in [5, 5.41) is 6.13. The Labute approximate surface area is 155 Å². The number of carbonyl (C=O) groups excluding carboxylic acids is 1. The molecule has 3 rings (SSSR count). The molecule has 0 saturated carbocycles. The van der Waals surface area contributed by atoms with Crippen molar-refractivity contribution in [2.24, 2.45) is 0 Å². The van der Waals surface area contributed by atoms with Crippen LogP contribution in [0.2, 0.25) is 5.02 Å². The van der Waals surface area contributed by atoms with E-state index in [-0.39, 0.29) is 17.3 Å². The van der Waals surface area contributed by atoms with Crippen LogP contribution in [-0.2, 0) is 0 Å². The molecule has 0 aliphatic carbocycles. The number of hydrogen-bond acceptors (Lipinski definition) is 4. The maximum Gasteiger partial charge on any atom is 0.274 e. The van der Waals surface area contributed by atoms with Gasteiger partial charge in [0.25, 0.3) is 5.91 Å².